The summed E-state index contributed by atoms with van der Waals surface area (Å²) in [6.07, 6.45) is 0. The Balaban J connectivity index is 0. The summed E-state index contributed by atoms with van der Waals surface area (Å²) >= 11 is 0. The summed E-state index contributed by atoms with van der Waals surface area (Å²) in [5, 5.41) is 9.02. The molecule has 0 atom stereocenters. The Morgan fingerprint density at radius 2 is 2.27 bits per heavy atom. The Hall–Kier alpha value is -0.224. The van der Waals surface area contributed by atoms with E-state index in [4.69, 9.17) is 11.6 Å². The van der Waals surface area contributed by atoms with Gasteiger partial charge in [-0.25, -0.2) is 5.43 Å². The monoisotopic (exact) mass is 183 g/mol. The van der Waals surface area contributed by atoms with Crippen LogP contribution in [0.2, 0.25) is 0 Å². The Kier molecular flexibility index (Phi) is 4.52. The van der Waals surface area contributed by atoms with Gasteiger partial charge in [-0.05, 0) is 0 Å². The van der Waals surface area contributed by atoms with E-state index in [0.29, 0.717) is 0 Å². The van der Waals surface area contributed by atoms with Crippen molar-refractivity contribution in [1.29, 1.82) is 0 Å². The average molecular weight is 183 g/mol. The van der Waals surface area contributed by atoms with Crippen molar-refractivity contribution >= 4 is 11.9 Å². The van der Waals surface area contributed by atoms with Crippen molar-refractivity contribution in [2.45, 2.75) is 0 Å². The van der Waals surface area contributed by atoms with Crippen molar-refractivity contribution in [3.05, 3.63) is 4.91 Å². The van der Waals surface area contributed by atoms with Gasteiger partial charge in [0.25, 0.3) is 5.95 Å². The van der Waals surface area contributed by atoms with Crippen LogP contribution in [0.5, 0.6) is 0 Å². The third kappa shape index (κ3) is 2.38. The van der Waals surface area contributed by atoms with Crippen LogP contribution in [0.4, 0.5) is 11.9 Å². The zero-order valence-electron chi connectivity index (χ0n) is 6.85. The molecule has 0 saturated heterocycles. The van der Waals surface area contributed by atoms with E-state index in [0.717, 1.165) is 4.68 Å². The average Bonchev–Trinajstić information content (AvgIpc) is 2.20. The van der Waals surface area contributed by atoms with Crippen molar-refractivity contribution < 1.29 is 52.8 Å². The molecule has 1 rings (SSSR count). The fourth-order valence-electron chi connectivity index (χ4n) is 0.421. The van der Waals surface area contributed by atoms with Crippen LogP contribution in [0, 0.1) is 4.91 Å². The van der Waals surface area contributed by atoms with Crippen LogP contribution >= 0.6 is 0 Å². The van der Waals surface area contributed by atoms with E-state index in [2.05, 4.69) is 15.5 Å². The quantitative estimate of drug-likeness (QED) is 0.185. The summed E-state index contributed by atoms with van der Waals surface area (Å²) in [4.78, 5) is 9.60. The van der Waals surface area contributed by atoms with Gasteiger partial charge in [-0.1, -0.05) is 0 Å². The van der Waals surface area contributed by atoms with Gasteiger partial charge in [-0.15, -0.1) is 15.1 Å². The Bertz CT molecular complexity index is 250. The van der Waals surface area contributed by atoms with Crippen molar-refractivity contribution in [1.82, 2.24) is 14.9 Å². The molecule has 1 aromatic heterocycles. The number of nitrogens with two attached hydrogens (primary N) is 2. The predicted octanol–water partition coefficient (Wildman–Crippen LogP) is -4.22. The molecule has 0 aliphatic heterocycles. The molecule has 0 amide bonds. The van der Waals surface area contributed by atoms with Gasteiger partial charge in [-0.3, -0.25) is 0 Å². The molecule has 0 aromatic carbocycles. The molecule has 0 spiro atoms. The van der Waals surface area contributed by atoms with E-state index in [1.165, 1.54) is 0 Å². The number of nitroso groups, excluding NO2 is 1. The smallest absolute Gasteiger partial charge is 1.00 e. The van der Waals surface area contributed by atoms with Gasteiger partial charge in [0.2, 0.25) is 5.95 Å². The summed E-state index contributed by atoms with van der Waals surface area (Å²) in [7, 11) is 0. The molecule has 0 fully saturated rings. The summed E-state index contributed by atoms with van der Waals surface area (Å²) < 4.78 is 0.904. The minimum Gasteiger partial charge on any atom is -1.00 e. The number of anilines is 2. The Morgan fingerprint density at radius 1 is 1.64 bits per heavy atom. The van der Waals surface area contributed by atoms with E-state index in [9.17, 15) is 4.91 Å². The SMILES string of the molecule is Nc1nnc(NN=O)n1N.[H-].[K+]. The molecular formula is C2H6KN7O. The molecule has 1 heterocycles. The molecular weight excluding hydrogens is 177 g/mol. The molecule has 8 nitrogen and oxygen atoms in total. The molecule has 11 heavy (non-hydrogen) atoms. The number of nitrogens with zero attached hydrogens (tertiary/aromatic N) is 4. The van der Waals surface area contributed by atoms with Gasteiger partial charge in [0.05, 0.1) is 5.29 Å². The zero-order chi connectivity index (χ0) is 7.56. The van der Waals surface area contributed by atoms with Crippen LogP contribution in [-0.4, -0.2) is 14.9 Å². The number of hydrogen-bond donors (Lipinski definition) is 3. The fraction of sp³-hybridized carbons (Fsp3) is 0. The van der Waals surface area contributed by atoms with Crippen LogP contribution in [0.1, 0.15) is 1.43 Å². The van der Waals surface area contributed by atoms with Crippen LogP contribution in [0.15, 0.2) is 5.29 Å². The largest absolute Gasteiger partial charge is 1.00 e. The normalized spacial score (nSPS) is 8.36. The summed E-state index contributed by atoms with van der Waals surface area (Å²) in [6, 6.07) is 0. The van der Waals surface area contributed by atoms with E-state index >= 15 is 0 Å². The second-order valence-electron chi connectivity index (χ2n) is 1.45. The van der Waals surface area contributed by atoms with Gasteiger partial charge < -0.3 is 13.0 Å². The van der Waals surface area contributed by atoms with Crippen molar-refractivity contribution in [2.24, 2.45) is 5.29 Å². The first-order valence-corrected chi connectivity index (χ1v) is 2.30. The number of aromatic nitrogens is 3. The maximum atomic E-state index is 9.60. The van der Waals surface area contributed by atoms with Crippen LogP contribution in [0.25, 0.3) is 0 Å². The Morgan fingerprint density at radius 3 is 2.64 bits per heavy atom. The molecule has 1 aromatic rings. The summed E-state index contributed by atoms with van der Waals surface area (Å²) in [5.74, 6) is 5.21. The molecule has 56 valence electrons. The number of rotatable bonds is 2. The number of nitrogens with one attached hydrogen (secondary N) is 1. The van der Waals surface area contributed by atoms with Crippen LogP contribution in [0.3, 0.4) is 0 Å². The van der Waals surface area contributed by atoms with Crippen LogP contribution < -0.4 is 68.4 Å². The topological polar surface area (TPSA) is 124 Å². The molecule has 0 saturated carbocycles. The van der Waals surface area contributed by atoms with Gasteiger partial charge in [0.15, 0.2) is 0 Å². The summed E-state index contributed by atoms with van der Waals surface area (Å²) in [6.45, 7) is 0. The second kappa shape index (κ2) is 4.61. The van der Waals surface area contributed by atoms with Crippen molar-refractivity contribution in [3.63, 3.8) is 0 Å². The molecule has 5 N–H and O–H groups in total. The van der Waals surface area contributed by atoms with E-state index in [1.807, 2.05) is 5.43 Å². The van der Waals surface area contributed by atoms with Gasteiger partial charge in [0.1, 0.15) is 0 Å². The maximum Gasteiger partial charge on any atom is 1.00 e. The first-order valence-electron chi connectivity index (χ1n) is 2.30. The number of nitrogen functional groups attached to an aromatic ring is 2. The van der Waals surface area contributed by atoms with Gasteiger partial charge in [0, 0.05) is 0 Å². The molecule has 9 heteroatoms. The first kappa shape index (κ1) is 10.8. The molecule has 0 unspecified atom stereocenters. The maximum absolute atomic E-state index is 9.60. The van der Waals surface area contributed by atoms with E-state index < -0.39 is 0 Å². The Labute approximate surface area is 106 Å². The standard InChI is InChI=1S/C2H5N7O.K.H/c3-1-5-6-2(7-8-10)9(1)4;;/h4H2,(H2,3,5)(H,6,7,10);;/q;+1;-1. The number of hydrogen-bond acceptors (Lipinski definition) is 6. The van der Waals surface area contributed by atoms with Crippen molar-refractivity contribution in [3.8, 4) is 0 Å². The molecule has 0 radical (unpaired) electrons. The molecule has 0 bridgehead atoms. The zero-order valence-corrected chi connectivity index (χ0v) is 8.97. The van der Waals surface area contributed by atoms with E-state index in [1.54, 1.807) is 0 Å². The third-order valence-electron chi connectivity index (χ3n) is 0.868. The van der Waals surface area contributed by atoms with E-state index in [-0.39, 0.29) is 64.7 Å². The van der Waals surface area contributed by atoms with Gasteiger partial charge >= 0.3 is 51.4 Å². The van der Waals surface area contributed by atoms with Crippen LogP contribution in [-0.2, 0) is 0 Å². The molecule has 0 aliphatic carbocycles. The van der Waals surface area contributed by atoms with Crippen molar-refractivity contribution in [2.75, 3.05) is 17.0 Å². The first-order chi connectivity index (χ1) is 4.75. The predicted molar refractivity (Wildman–Crippen MR) is 35.1 cm³/mol. The van der Waals surface area contributed by atoms with Gasteiger partial charge in [-0.2, -0.15) is 4.68 Å². The summed E-state index contributed by atoms with van der Waals surface area (Å²) in [5.41, 5.74) is 7.10. The minimum absolute atomic E-state index is 0. The second-order valence-corrected chi connectivity index (χ2v) is 1.45. The minimum atomic E-state index is 0. The third-order valence-corrected chi connectivity index (χ3v) is 0.868. The molecule has 0 aliphatic rings. The fourth-order valence-corrected chi connectivity index (χ4v) is 0.421.